The highest BCUT2D eigenvalue weighted by atomic mass is 16.2. The topological polar surface area (TPSA) is 58.2 Å². The Bertz CT molecular complexity index is 963. The van der Waals surface area contributed by atoms with Crippen molar-refractivity contribution in [2.45, 2.75) is 13.5 Å². The summed E-state index contributed by atoms with van der Waals surface area (Å²) >= 11 is 0. The van der Waals surface area contributed by atoms with Gasteiger partial charge in [0.05, 0.1) is 0 Å². The van der Waals surface area contributed by atoms with Gasteiger partial charge in [-0.1, -0.05) is 78.4 Å². The second-order valence-corrected chi connectivity index (χ2v) is 6.46. The highest BCUT2D eigenvalue weighted by Gasteiger charge is 2.14. The number of carbonyl (C=O) groups excluding carboxylic acids is 2. The Hall–Kier alpha value is -3.66. The summed E-state index contributed by atoms with van der Waals surface area (Å²) in [6, 6.07) is 26.2. The van der Waals surface area contributed by atoms with Gasteiger partial charge in [-0.25, -0.2) is 0 Å². The molecule has 0 fully saturated rings. The molecule has 0 unspecified atom stereocenters. The Morgan fingerprint density at radius 1 is 0.821 bits per heavy atom. The minimum Gasteiger partial charge on any atom is -0.347 e. The maximum atomic E-state index is 12.8. The summed E-state index contributed by atoms with van der Waals surface area (Å²) in [6.45, 7) is 2.40. The predicted molar refractivity (Wildman–Crippen MR) is 111 cm³/mol. The zero-order valence-electron chi connectivity index (χ0n) is 15.7. The Kier molecular flexibility index (Phi) is 6.37. The maximum absolute atomic E-state index is 12.8. The molecule has 140 valence electrons. The molecule has 2 N–H and O–H groups in total. The molecule has 0 spiro atoms. The largest absolute Gasteiger partial charge is 0.347 e. The van der Waals surface area contributed by atoms with Crippen molar-refractivity contribution in [1.82, 2.24) is 10.6 Å². The first-order valence-electron chi connectivity index (χ1n) is 9.09. The van der Waals surface area contributed by atoms with Crippen LogP contribution in [0.3, 0.4) is 0 Å². The monoisotopic (exact) mass is 370 g/mol. The van der Waals surface area contributed by atoms with Crippen LogP contribution < -0.4 is 10.6 Å². The molecule has 3 rings (SSSR count). The average molecular weight is 370 g/mol. The number of benzene rings is 3. The van der Waals surface area contributed by atoms with Crippen molar-refractivity contribution in [3.8, 4) is 0 Å². The summed E-state index contributed by atoms with van der Waals surface area (Å²) in [6.07, 6.45) is 1.67. The minimum atomic E-state index is -0.339. The van der Waals surface area contributed by atoms with Crippen LogP contribution in [0.4, 0.5) is 0 Å². The highest BCUT2D eigenvalue weighted by Crippen LogP contribution is 2.08. The van der Waals surface area contributed by atoms with Gasteiger partial charge in [0.25, 0.3) is 11.8 Å². The molecule has 28 heavy (non-hydrogen) atoms. The summed E-state index contributed by atoms with van der Waals surface area (Å²) in [5.74, 6) is -0.665. The van der Waals surface area contributed by atoms with E-state index in [1.54, 1.807) is 30.3 Å². The standard InChI is InChI=1S/C24H22N2O2/c1-18-12-14-20(15-13-18)17-25-24(28)22(16-19-8-4-2-5-9-19)26-23(27)21-10-6-3-7-11-21/h2-16H,17H2,1H3,(H,25,28)(H,26,27)/b22-16-. The van der Waals surface area contributed by atoms with Crippen molar-refractivity contribution >= 4 is 17.9 Å². The summed E-state index contributed by atoms with van der Waals surface area (Å²) in [7, 11) is 0. The number of nitrogens with one attached hydrogen (secondary N) is 2. The molecule has 4 nitrogen and oxygen atoms in total. The number of carbonyl (C=O) groups is 2. The molecule has 0 saturated carbocycles. The third kappa shape index (κ3) is 5.42. The van der Waals surface area contributed by atoms with Gasteiger partial charge in [-0.3, -0.25) is 9.59 Å². The SMILES string of the molecule is Cc1ccc(CNC(=O)/C(=C/c2ccccc2)NC(=O)c2ccccc2)cc1. The van der Waals surface area contributed by atoms with Crippen LogP contribution in [0.15, 0.2) is 90.6 Å². The molecule has 0 bridgehead atoms. The molecule has 0 radical (unpaired) electrons. The van der Waals surface area contributed by atoms with Crippen LogP contribution in [0.2, 0.25) is 0 Å². The minimum absolute atomic E-state index is 0.201. The lowest BCUT2D eigenvalue weighted by atomic mass is 10.1. The molecule has 0 aliphatic carbocycles. The van der Waals surface area contributed by atoms with Crippen LogP contribution in [0, 0.1) is 6.92 Å². The summed E-state index contributed by atoms with van der Waals surface area (Å²) < 4.78 is 0. The Morgan fingerprint density at radius 3 is 2.07 bits per heavy atom. The Morgan fingerprint density at radius 2 is 1.43 bits per heavy atom. The molecule has 0 atom stereocenters. The van der Waals surface area contributed by atoms with Crippen LogP contribution in [-0.2, 0) is 11.3 Å². The van der Waals surface area contributed by atoms with Crippen LogP contribution >= 0.6 is 0 Å². The van der Waals surface area contributed by atoms with Crippen LogP contribution in [0.1, 0.15) is 27.0 Å². The Balaban J connectivity index is 1.77. The zero-order chi connectivity index (χ0) is 19.8. The van der Waals surface area contributed by atoms with Crippen molar-refractivity contribution in [2.24, 2.45) is 0 Å². The van der Waals surface area contributed by atoms with E-state index < -0.39 is 0 Å². The van der Waals surface area contributed by atoms with E-state index in [9.17, 15) is 9.59 Å². The van der Waals surface area contributed by atoms with Gasteiger partial charge in [0, 0.05) is 12.1 Å². The molecule has 4 heteroatoms. The van der Waals surface area contributed by atoms with Crippen molar-refractivity contribution in [1.29, 1.82) is 0 Å². The fraction of sp³-hybridized carbons (Fsp3) is 0.0833. The van der Waals surface area contributed by atoms with Gasteiger partial charge in [-0.05, 0) is 36.3 Å². The summed E-state index contributed by atoms with van der Waals surface area (Å²) in [5, 5.41) is 5.61. The van der Waals surface area contributed by atoms with Gasteiger partial charge in [0.2, 0.25) is 0 Å². The number of hydrogen-bond acceptors (Lipinski definition) is 2. The predicted octanol–water partition coefficient (Wildman–Crippen LogP) is 4.08. The first-order chi connectivity index (χ1) is 13.6. The third-order valence-electron chi connectivity index (χ3n) is 4.21. The molecule has 0 aliphatic rings. The first-order valence-corrected chi connectivity index (χ1v) is 9.09. The van der Waals surface area contributed by atoms with Gasteiger partial charge < -0.3 is 10.6 Å². The van der Waals surface area contributed by atoms with Gasteiger partial charge in [-0.2, -0.15) is 0 Å². The van der Waals surface area contributed by atoms with E-state index in [0.717, 1.165) is 16.7 Å². The molecule has 0 aliphatic heterocycles. The van der Waals surface area contributed by atoms with E-state index in [-0.39, 0.29) is 17.5 Å². The van der Waals surface area contributed by atoms with Gasteiger partial charge in [-0.15, -0.1) is 0 Å². The molecule has 0 saturated heterocycles. The number of amides is 2. The van der Waals surface area contributed by atoms with E-state index in [0.29, 0.717) is 12.1 Å². The summed E-state index contributed by atoms with van der Waals surface area (Å²) in [5.41, 5.74) is 3.68. The lowest BCUT2D eigenvalue weighted by molar-refractivity contribution is -0.117. The molecule has 2 amide bonds. The number of hydrogen-bond donors (Lipinski definition) is 2. The first kappa shape index (κ1) is 19.1. The van der Waals surface area contributed by atoms with Gasteiger partial charge >= 0.3 is 0 Å². The molecular formula is C24H22N2O2. The maximum Gasteiger partial charge on any atom is 0.268 e. The molecule has 0 heterocycles. The molecule has 3 aromatic carbocycles. The van der Waals surface area contributed by atoms with E-state index in [1.807, 2.05) is 67.6 Å². The fourth-order valence-corrected chi connectivity index (χ4v) is 2.64. The molecule has 3 aromatic rings. The van der Waals surface area contributed by atoms with E-state index >= 15 is 0 Å². The number of rotatable bonds is 6. The van der Waals surface area contributed by atoms with E-state index in [2.05, 4.69) is 10.6 Å². The number of aryl methyl sites for hydroxylation is 1. The molecular weight excluding hydrogens is 348 g/mol. The quantitative estimate of drug-likeness (QED) is 0.642. The zero-order valence-corrected chi connectivity index (χ0v) is 15.7. The lowest BCUT2D eigenvalue weighted by Crippen LogP contribution is -2.34. The average Bonchev–Trinajstić information content (AvgIpc) is 2.74. The van der Waals surface area contributed by atoms with Crippen molar-refractivity contribution in [2.75, 3.05) is 0 Å². The van der Waals surface area contributed by atoms with Crippen LogP contribution in [0.25, 0.3) is 6.08 Å². The lowest BCUT2D eigenvalue weighted by Gasteiger charge is -2.11. The van der Waals surface area contributed by atoms with Crippen molar-refractivity contribution < 1.29 is 9.59 Å². The second-order valence-electron chi connectivity index (χ2n) is 6.46. The van der Waals surface area contributed by atoms with E-state index in [4.69, 9.17) is 0 Å². The Labute approximate surface area is 164 Å². The molecule has 0 aromatic heterocycles. The fourth-order valence-electron chi connectivity index (χ4n) is 2.64. The van der Waals surface area contributed by atoms with Gasteiger partial charge in [0.1, 0.15) is 5.70 Å². The normalized spacial score (nSPS) is 11.0. The second kappa shape index (κ2) is 9.33. The third-order valence-corrected chi connectivity index (χ3v) is 4.21. The van der Waals surface area contributed by atoms with Crippen LogP contribution in [-0.4, -0.2) is 11.8 Å². The summed E-state index contributed by atoms with van der Waals surface area (Å²) in [4.78, 5) is 25.3. The highest BCUT2D eigenvalue weighted by molar-refractivity contribution is 6.05. The van der Waals surface area contributed by atoms with E-state index in [1.165, 1.54) is 0 Å². The van der Waals surface area contributed by atoms with Crippen LogP contribution in [0.5, 0.6) is 0 Å². The van der Waals surface area contributed by atoms with Gasteiger partial charge in [0.15, 0.2) is 0 Å². The smallest absolute Gasteiger partial charge is 0.268 e. The van der Waals surface area contributed by atoms with Crippen molar-refractivity contribution in [3.63, 3.8) is 0 Å². The van der Waals surface area contributed by atoms with Crippen molar-refractivity contribution in [3.05, 3.63) is 113 Å².